The van der Waals surface area contributed by atoms with Crippen LogP contribution in [0.5, 0.6) is 0 Å². The van der Waals surface area contributed by atoms with Gasteiger partial charge in [0.05, 0.1) is 0 Å². The first-order valence-electron chi connectivity index (χ1n) is 9.42. The van der Waals surface area contributed by atoms with Gasteiger partial charge in [0.1, 0.15) is 0 Å². The van der Waals surface area contributed by atoms with E-state index in [1.54, 1.807) is 0 Å². The monoisotopic (exact) mass is 323 g/mol. The highest BCUT2D eigenvalue weighted by atomic mass is 16.2. The molecular formula is C18H33N3O2. The molecule has 0 radical (unpaired) electrons. The molecule has 2 atom stereocenters. The van der Waals surface area contributed by atoms with Gasteiger partial charge in [-0.15, -0.1) is 0 Å². The molecule has 23 heavy (non-hydrogen) atoms. The van der Waals surface area contributed by atoms with Gasteiger partial charge in [0, 0.05) is 32.5 Å². The predicted molar refractivity (Wildman–Crippen MR) is 92.0 cm³/mol. The lowest BCUT2D eigenvalue weighted by Gasteiger charge is -2.28. The van der Waals surface area contributed by atoms with E-state index in [0.717, 1.165) is 51.9 Å². The van der Waals surface area contributed by atoms with Gasteiger partial charge >= 0.3 is 0 Å². The fourth-order valence-electron chi connectivity index (χ4n) is 3.67. The molecule has 0 aromatic carbocycles. The van der Waals surface area contributed by atoms with E-state index in [1.165, 1.54) is 12.8 Å². The minimum absolute atomic E-state index is 0.158. The fraction of sp³-hybridized carbons (Fsp3) is 0.889. The second-order valence-electron chi connectivity index (χ2n) is 7.18. The van der Waals surface area contributed by atoms with E-state index in [0.29, 0.717) is 31.2 Å². The zero-order chi connectivity index (χ0) is 16.5. The summed E-state index contributed by atoms with van der Waals surface area (Å²) >= 11 is 0. The minimum atomic E-state index is 0.158. The second kappa shape index (κ2) is 9.91. The molecular weight excluding hydrogens is 290 g/mol. The summed E-state index contributed by atoms with van der Waals surface area (Å²) in [5.74, 6) is 1.51. The maximum Gasteiger partial charge on any atom is 0.222 e. The minimum Gasteiger partial charge on any atom is -0.356 e. The van der Waals surface area contributed by atoms with Crippen LogP contribution < -0.4 is 10.6 Å². The van der Waals surface area contributed by atoms with Crippen LogP contribution in [-0.4, -0.2) is 49.4 Å². The number of nitrogens with zero attached hydrogens (tertiary/aromatic N) is 1. The molecule has 2 aliphatic rings. The summed E-state index contributed by atoms with van der Waals surface area (Å²) in [6.07, 6.45) is 7.93. The van der Waals surface area contributed by atoms with Crippen molar-refractivity contribution >= 4 is 11.8 Å². The molecule has 0 spiro atoms. The van der Waals surface area contributed by atoms with E-state index >= 15 is 0 Å². The SMILES string of the molecule is CC(CC(=O)NCCCN1CCCCCC1=O)C1CCCNC1. The molecule has 5 nitrogen and oxygen atoms in total. The van der Waals surface area contributed by atoms with Crippen LogP contribution >= 0.6 is 0 Å². The summed E-state index contributed by atoms with van der Waals surface area (Å²) in [6, 6.07) is 0. The van der Waals surface area contributed by atoms with Crippen molar-refractivity contribution < 1.29 is 9.59 Å². The second-order valence-corrected chi connectivity index (χ2v) is 7.18. The standard InChI is InChI=1S/C18H33N3O2/c1-15(16-7-5-9-19-14-16)13-17(22)20-10-6-12-21-11-4-2-3-8-18(21)23/h15-16,19H,2-14H2,1H3,(H,20,22). The molecule has 0 aromatic rings. The summed E-state index contributed by atoms with van der Waals surface area (Å²) in [5.41, 5.74) is 0. The molecule has 0 bridgehead atoms. The van der Waals surface area contributed by atoms with Gasteiger partial charge in [0.25, 0.3) is 0 Å². The molecule has 2 saturated heterocycles. The van der Waals surface area contributed by atoms with Crippen molar-refractivity contribution in [1.82, 2.24) is 15.5 Å². The third kappa shape index (κ3) is 6.50. The molecule has 2 unspecified atom stereocenters. The number of likely N-dealkylation sites (tertiary alicyclic amines) is 1. The Labute approximate surface area is 140 Å². The summed E-state index contributed by atoms with van der Waals surface area (Å²) < 4.78 is 0. The number of nitrogens with one attached hydrogen (secondary N) is 2. The van der Waals surface area contributed by atoms with Crippen molar-refractivity contribution in [2.24, 2.45) is 11.8 Å². The molecule has 2 amide bonds. The van der Waals surface area contributed by atoms with Crippen LogP contribution in [-0.2, 0) is 9.59 Å². The Morgan fingerprint density at radius 2 is 2.22 bits per heavy atom. The van der Waals surface area contributed by atoms with Crippen molar-refractivity contribution in [3.05, 3.63) is 0 Å². The lowest BCUT2D eigenvalue weighted by molar-refractivity contribution is -0.130. The van der Waals surface area contributed by atoms with E-state index < -0.39 is 0 Å². The molecule has 0 aromatic heterocycles. The molecule has 132 valence electrons. The topological polar surface area (TPSA) is 61.4 Å². The quantitative estimate of drug-likeness (QED) is 0.704. The first-order valence-corrected chi connectivity index (χ1v) is 9.42. The van der Waals surface area contributed by atoms with E-state index in [1.807, 2.05) is 4.90 Å². The van der Waals surface area contributed by atoms with Crippen LogP contribution in [0.3, 0.4) is 0 Å². The Morgan fingerprint density at radius 1 is 1.35 bits per heavy atom. The number of hydrogen-bond donors (Lipinski definition) is 2. The third-order valence-electron chi connectivity index (χ3n) is 5.25. The van der Waals surface area contributed by atoms with Gasteiger partial charge in [-0.05, 0) is 57.0 Å². The highest BCUT2D eigenvalue weighted by Crippen LogP contribution is 2.22. The number of rotatable bonds is 7. The van der Waals surface area contributed by atoms with Gasteiger partial charge in [-0.2, -0.15) is 0 Å². The number of piperidine rings is 1. The van der Waals surface area contributed by atoms with Crippen molar-refractivity contribution in [1.29, 1.82) is 0 Å². The number of amides is 2. The smallest absolute Gasteiger partial charge is 0.222 e. The maximum atomic E-state index is 12.1. The first-order chi connectivity index (χ1) is 11.2. The molecule has 5 heteroatoms. The van der Waals surface area contributed by atoms with E-state index in [4.69, 9.17) is 0 Å². The average Bonchev–Trinajstić information content (AvgIpc) is 2.77. The molecule has 2 fully saturated rings. The third-order valence-corrected chi connectivity index (χ3v) is 5.25. The molecule has 2 rings (SSSR count). The summed E-state index contributed by atoms with van der Waals surface area (Å²) in [6.45, 7) is 6.70. The Morgan fingerprint density at radius 3 is 3.00 bits per heavy atom. The Balaban J connectivity index is 1.57. The van der Waals surface area contributed by atoms with Crippen LogP contribution in [0, 0.1) is 11.8 Å². The van der Waals surface area contributed by atoms with Gasteiger partial charge in [0.15, 0.2) is 0 Å². The summed E-state index contributed by atoms with van der Waals surface area (Å²) in [5, 5.41) is 6.44. The van der Waals surface area contributed by atoms with E-state index in [-0.39, 0.29) is 11.8 Å². The molecule has 0 aliphatic carbocycles. The van der Waals surface area contributed by atoms with Crippen molar-refractivity contribution in [2.45, 2.75) is 58.3 Å². The lowest BCUT2D eigenvalue weighted by Crippen LogP contribution is -2.36. The number of carbonyl (C=O) groups is 2. The van der Waals surface area contributed by atoms with Crippen molar-refractivity contribution in [3.8, 4) is 0 Å². The van der Waals surface area contributed by atoms with Crippen molar-refractivity contribution in [3.63, 3.8) is 0 Å². The van der Waals surface area contributed by atoms with Crippen LogP contribution in [0.2, 0.25) is 0 Å². The van der Waals surface area contributed by atoms with Gasteiger partial charge in [0.2, 0.25) is 11.8 Å². The normalized spacial score (nSPS) is 24.1. The summed E-state index contributed by atoms with van der Waals surface area (Å²) in [7, 11) is 0. The largest absolute Gasteiger partial charge is 0.356 e. The van der Waals surface area contributed by atoms with Gasteiger partial charge in [-0.3, -0.25) is 9.59 Å². The summed E-state index contributed by atoms with van der Waals surface area (Å²) in [4.78, 5) is 25.9. The Bertz CT molecular complexity index is 380. The molecule has 2 N–H and O–H groups in total. The maximum absolute atomic E-state index is 12.1. The highest BCUT2D eigenvalue weighted by molar-refractivity contribution is 5.76. The Hall–Kier alpha value is -1.10. The van der Waals surface area contributed by atoms with Crippen molar-refractivity contribution in [2.75, 3.05) is 32.7 Å². The number of hydrogen-bond acceptors (Lipinski definition) is 3. The van der Waals surface area contributed by atoms with Crippen LogP contribution in [0.25, 0.3) is 0 Å². The molecule has 0 saturated carbocycles. The van der Waals surface area contributed by atoms with Crippen LogP contribution in [0.4, 0.5) is 0 Å². The van der Waals surface area contributed by atoms with E-state index in [9.17, 15) is 9.59 Å². The van der Waals surface area contributed by atoms with Crippen LogP contribution in [0.1, 0.15) is 58.3 Å². The molecule has 2 heterocycles. The van der Waals surface area contributed by atoms with Gasteiger partial charge in [-0.1, -0.05) is 13.3 Å². The Kier molecular flexibility index (Phi) is 7.86. The predicted octanol–water partition coefficient (Wildman–Crippen LogP) is 1.92. The highest BCUT2D eigenvalue weighted by Gasteiger charge is 2.22. The lowest BCUT2D eigenvalue weighted by atomic mass is 9.85. The number of carbonyl (C=O) groups excluding carboxylic acids is 2. The molecule has 2 aliphatic heterocycles. The van der Waals surface area contributed by atoms with Gasteiger partial charge < -0.3 is 15.5 Å². The van der Waals surface area contributed by atoms with Gasteiger partial charge in [-0.25, -0.2) is 0 Å². The fourth-order valence-corrected chi connectivity index (χ4v) is 3.67. The zero-order valence-electron chi connectivity index (χ0n) is 14.6. The average molecular weight is 323 g/mol. The van der Waals surface area contributed by atoms with Crippen LogP contribution in [0.15, 0.2) is 0 Å². The zero-order valence-corrected chi connectivity index (χ0v) is 14.6. The van der Waals surface area contributed by atoms with E-state index in [2.05, 4.69) is 17.6 Å². The first kappa shape index (κ1) is 18.2.